The van der Waals surface area contributed by atoms with Crippen LogP contribution in [0.5, 0.6) is 5.75 Å². The Hall–Kier alpha value is -1.94. The Bertz CT molecular complexity index is 627. The van der Waals surface area contributed by atoms with Gasteiger partial charge in [-0.3, -0.25) is 0 Å². The van der Waals surface area contributed by atoms with Crippen LogP contribution in [0.4, 0.5) is 8.78 Å². The molecular formula is C17H17F2NO. The average Bonchev–Trinajstić information content (AvgIpc) is 2.87. The van der Waals surface area contributed by atoms with Crippen LogP contribution in [0.15, 0.2) is 42.5 Å². The van der Waals surface area contributed by atoms with Gasteiger partial charge in [0.15, 0.2) is 0 Å². The second kappa shape index (κ2) is 5.82. The summed E-state index contributed by atoms with van der Waals surface area (Å²) in [4.78, 5) is 0. The first kappa shape index (κ1) is 14.0. The van der Waals surface area contributed by atoms with E-state index in [1.807, 2.05) is 6.92 Å². The Balaban J connectivity index is 1.56. The lowest BCUT2D eigenvalue weighted by Gasteiger charge is -2.17. The lowest BCUT2D eigenvalue weighted by Crippen LogP contribution is -2.31. The Morgan fingerprint density at radius 1 is 1.14 bits per heavy atom. The molecule has 4 heteroatoms. The van der Waals surface area contributed by atoms with Crippen molar-refractivity contribution in [2.24, 2.45) is 0 Å². The maximum Gasteiger partial charge on any atom is 0.123 e. The normalized spacial score (nSPS) is 18.1. The molecule has 2 aromatic carbocycles. The maximum atomic E-state index is 13.2. The second-order valence-electron chi connectivity index (χ2n) is 5.38. The summed E-state index contributed by atoms with van der Waals surface area (Å²) in [6.45, 7) is 2.68. The van der Waals surface area contributed by atoms with Gasteiger partial charge < -0.3 is 10.1 Å². The van der Waals surface area contributed by atoms with Gasteiger partial charge in [0, 0.05) is 24.6 Å². The first-order chi connectivity index (χ1) is 10.1. The smallest absolute Gasteiger partial charge is 0.123 e. The number of hydrogen-bond donors (Lipinski definition) is 1. The molecule has 1 heterocycles. The first-order valence-electron chi connectivity index (χ1n) is 7.06. The molecule has 110 valence electrons. The Labute approximate surface area is 122 Å². The molecule has 3 rings (SSSR count). The average molecular weight is 289 g/mol. The Kier molecular flexibility index (Phi) is 3.88. The van der Waals surface area contributed by atoms with E-state index in [1.165, 1.54) is 24.3 Å². The minimum atomic E-state index is -0.234. The van der Waals surface area contributed by atoms with E-state index in [9.17, 15) is 8.78 Å². The van der Waals surface area contributed by atoms with E-state index in [1.54, 1.807) is 18.2 Å². The van der Waals surface area contributed by atoms with Gasteiger partial charge in [-0.25, -0.2) is 8.78 Å². The molecule has 0 aliphatic carbocycles. The summed E-state index contributed by atoms with van der Waals surface area (Å²) in [6, 6.07) is 11.2. The molecular weight excluding hydrogens is 272 g/mol. The predicted octanol–water partition coefficient (Wildman–Crippen LogP) is 3.62. The molecule has 1 N–H and O–H groups in total. The number of ether oxygens (including phenoxy) is 1. The first-order valence-corrected chi connectivity index (χ1v) is 7.06. The zero-order chi connectivity index (χ0) is 14.8. The molecule has 0 bridgehead atoms. The van der Waals surface area contributed by atoms with Gasteiger partial charge in [0.1, 0.15) is 23.5 Å². The van der Waals surface area contributed by atoms with Gasteiger partial charge in [-0.2, -0.15) is 0 Å². The van der Waals surface area contributed by atoms with Gasteiger partial charge >= 0.3 is 0 Å². The highest BCUT2D eigenvalue weighted by Gasteiger charge is 2.23. The highest BCUT2D eigenvalue weighted by atomic mass is 19.1. The standard InChI is InChI=1S/C17H17F2NO/c1-11(12-2-4-14(18)5-3-12)20-10-16-9-13-8-15(19)6-7-17(13)21-16/h2-8,11,16,20H,9-10H2,1H3/t11-,16?/m1/s1. The third-order valence-corrected chi connectivity index (χ3v) is 3.79. The van der Waals surface area contributed by atoms with Crippen molar-refractivity contribution in [1.82, 2.24) is 5.32 Å². The molecule has 0 spiro atoms. The fourth-order valence-electron chi connectivity index (χ4n) is 2.58. The van der Waals surface area contributed by atoms with Crippen molar-refractivity contribution in [2.45, 2.75) is 25.5 Å². The third-order valence-electron chi connectivity index (χ3n) is 3.79. The summed E-state index contributed by atoms with van der Waals surface area (Å²) in [5.74, 6) is 0.297. The van der Waals surface area contributed by atoms with Crippen LogP contribution in [0, 0.1) is 11.6 Å². The number of fused-ring (bicyclic) bond motifs is 1. The molecule has 1 aliphatic heterocycles. The molecule has 0 fully saturated rings. The number of halogens is 2. The molecule has 1 aliphatic rings. The zero-order valence-corrected chi connectivity index (χ0v) is 11.8. The summed E-state index contributed by atoms with van der Waals surface area (Å²) < 4.78 is 31.8. The van der Waals surface area contributed by atoms with Gasteiger partial charge in [0.2, 0.25) is 0 Å². The SMILES string of the molecule is C[C@@H](NCC1Cc2cc(F)ccc2O1)c1ccc(F)cc1. The molecule has 0 amide bonds. The van der Waals surface area contributed by atoms with Crippen molar-refractivity contribution < 1.29 is 13.5 Å². The van der Waals surface area contributed by atoms with Gasteiger partial charge in [0.25, 0.3) is 0 Å². The van der Waals surface area contributed by atoms with Crippen molar-refractivity contribution >= 4 is 0 Å². The Morgan fingerprint density at radius 3 is 2.62 bits per heavy atom. The molecule has 0 aromatic heterocycles. The van der Waals surface area contributed by atoms with E-state index in [4.69, 9.17) is 4.74 Å². The van der Waals surface area contributed by atoms with Gasteiger partial charge in [-0.1, -0.05) is 12.1 Å². The van der Waals surface area contributed by atoms with Crippen LogP contribution in [-0.4, -0.2) is 12.6 Å². The van der Waals surface area contributed by atoms with Gasteiger partial charge in [-0.05, 0) is 42.8 Å². The predicted molar refractivity (Wildman–Crippen MR) is 77.3 cm³/mol. The molecule has 0 saturated heterocycles. The summed E-state index contributed by atoms with van der Waals surface area (Å²) >= 11 is 0. The van der Waals surface area contributed by atoms with Gasteiger partial charge in [0.05, 0.1) is 0 Å². The Morgan fingerprint density at radius 2 is 1.86 bits per heavy atom. The van der Waals surface area contributed by atoms with Crippen LogP contribution >= 0.6 is 0 Å². The number of nitrogens with one attached hydrogen (secondary N) is 1. The molecule has 0 radical (unpaired) electrons. The van der Waals surface area contributed by atoms with Crippen LogP contribution in [0.25, 0.3) is 0 Å². The molecule has 0 saturated carbocycles. The fraction of sp³-hybridized carbons (Fsp3) is 0.294. The second-order valence-corrected chi connectivity index (χ2v) is 5.38. The largest absolute Gasteiger partial charge is 0.488 e. The highest BCUT2D eigenvalue weighted by Crippen LogP contribution is 2.29. The third kappa shape index (κ3) is 3.22. The summed E-state index contributed by atoms with van der Waals surface area (Å²) in [5, 5.41) is 3.37. The van der Waals surface area contributed by atoms with E-state index in [0.717, 1.165) is 16.9 Å². The van der Waals surface area contributed by atoms with E-state index in [0.29, 0.717) is 13.0 Å². The van der Waals surface area contributed by atoms with Crippen molar-refractivity contribution in [2.75, 3.05) is 6.54 Å². The van der Waals surface area contributed by atoms with Crippen molar-refractivity contribution in [3.63, 3.8) is 0 Å². The fourth-order valence-corrected chi connectivity index (χ4v) is 2.58. The number of rotatable bonds is 4. The summed E-state index contributed by atoms with van der Waals surface area (Å²) in [5.41, 5.74) is 1.94. The monoisotopic (exact) mass is 289 g/mol. The topological polar surface area (TPSA) is 21.3 Å². The maximum absolute atomic E-state index is 13.2. The zero-order valence-electron chi connectivity index (χ0n) is 11.8. The summed E-state index contributed by atoms with van der Waals surface area (Å²) in [6.07, 6.45) is 0.709. The highest BCUT2D eigenvalue weighted by molar-refractivity contribution is 5.38. The number of benzene rings is 2. The van der Waals surface area contributed by atoms with Crippen LogP contribution in [0.1, 0.15) is 24.1 Å². The lowest BCUT2D eigenvalue weighted by molar-refractivity contribution is 0.222. The molecule has 2 atom stereocenters. The van der Waals surface area contributed by atoms with Crippen LogP contribution in [0.3, 0.4) is 0 Å². The van der Waals surface area contributed by atoms with Crippen molar-refractivity contribution in [1.29, 1.82) is 0 Å². The molecule has 1 unspecified atom stereocenters. The van der Waals surface area contributed by atoms with Crippen LogP contribution in [0.2, 0.25) is 0 Å². The molecule has 2 nitrogen and oxygen atoms in total. The molecule has 21 heavy (non-hydrogen) atoms. The summed E-state index contributed by atoms with van der Waals surface area (Å²) in [7, 11) is 0. The number of hydrogen-bond acceptors (Lipinski definition) is 2. The van der Waals surface area contributed by atoms with Gasteiger partial charge in [-0.15, -0.1) is 0 Å². The van der Waals surface area contributed by atoms with E-state index < -0.39 is 0 Å². The van der Waals surface area contributed by atoms with E-state index in [-0.39, 0.29) is 23.8 Å². The quantitative estimate of drug-likeness (QED) is 0.928. The van der Waals surface area contributed by atoms with E-state index in [2.05, 4.69) is 5.32 Å². The lowest BCUT2D eigenvalue weighted by atomic mass is 10.1. The molecule has 2 aromatic rings. The minimum Gasteiger partial charge on any atom is -0.488 e. The van der Waals surface area contributed by atoms with Crippen molar-refractivity contribution in [3.8, 4) is 5.75 Å². The van der Waals surface area contributed by atoms with Crippen LogP contribution in [-0.2, 0) is 6.42 Å². The van der Waals surface area contributed by atoms with Crippen molar-refractivity contribution in [3.05, 3.63) is 65.2 Å². The van der Waals surface area contributed by atoms with Crippen LogP contribution < -0.4 is 10.1 Å². The van der Waals surface area contributed by atoms with E-state index >= 15 is 0 Å². The minimum absolute atomic E-state index is 0.00435.